The summed E-state index contributed by atoms with van der Waals surface area (Å²) in [5, 5.41) is 10.2. The summed E-state index contributed by atoms with van der Waals surface area (Å²) >= 11 is 5.88. The van der Waals surface area contributed by atoms with E-state index in [2.05, 4.69) is 4.90 Å². The third-order valence-electron chi connectivity index (χ3n) is 4.26. The van der Waals surface area contributed by atoms with Crippen LogP contribution in [-0.2, 0) is 4.79 Å². The Morgan fingerprint density at radius 3 is 2.35 bits per heavy atom. The zero-order valence-corrected chi connectivity index (χ0v) is 12.1. The monoisotopic (exact) mass is 294 g/mol. The van der Waals surface area contributed by atoms with E-state index < -0.39 is 0 Å². The van der Waals surface area contributed by atoms with Gasteiger partial charge in [-0.3, -0.25) is 9.69 Å². The smallest absolute Gasteiger partial charge is 0.244 e. The second-order valence-corrected chi connectivity index (χ2v) is 5.97. The molecule has 2 aliphatic rings. The molecule has 2 fully saturated rings. The van der Waals surface area contributed by atoms with Gasteiger partial charge in [0.1, 0.15) is 0 Å². The molecule has 2 heterocycles. The van der Waals surface area contributed by atoms with E-state index in [9.17, 15) is 9.90 Å². The van der Waals surface area contributed by atoms with Crippen LogP contribution in [0.2, 0.25) is 5.02 Å². The normalized spacial score (nSPS) is 25.4. The highest BCUT2D eigenvalue weighted by atomic mass is 35.5. The average Bonchev–Trinajstić information content (AvgIpc) is 2.83. The van der Waals surface area contributed by atoms with Crippen molar-refractivity contribution in [2.75, 3.05) is 24.5 Å². The van der Waals surface area contributed by atoms with Crippen LogP contribution in [0.1, 0.15) is 19.3 Å². The maximum Gasteiger partial charge on any atom is 0.244 e. The molecule has 3 rings (SSSR count). The van der Waals surface area contributed by atoms with Gasteiger partial charge in [0.25, 0.3) is 0 Å². The predicted molar refractivity (Wildman–Crippen MR) is 79.0 cm³/mol. The first kappa shape index (κ1) is 13.9. The summed E-state index contributed by atoms with van der Waals surface area (Å²) in [5.41, 5.74) is 0.916. The first-order valence-electron chi connectivity index (χ1n) is 7.14. The number of carbonyl (C=O) groups is 1. The molecule has 20 heavy (non-hydrogen) atoms. The maximum atomic E-state index is 12.6. The zero-order chi connectivity index (χ0) is 14.1. The van der Waals surface area contributed by atoms with Crippen LogP contribution >= 0.6 is 11.6 Å². The minimum absolute atomic E-state index is 0.0295. The first-order valence-corrected chi connectivity index (χ1v) is 7.52. The SMILES string of the molecule is O=C1C(N2CCC(O)CC2)CCN1c1ccc(Cl)cc1. The molecule has 1 atom stereocenters. The molecule has 2 aliphatic heterocycles. The van der Waals surface area contributed by atoms with E-state index in [1.807, 2.05) is 29.2 Å². The third-order valence-corrected chi connectivity index (χ3v) is 4.51. The lowest BCUT2D eigenvalue weighted by atomic mass is 10.1. The molecule has 0 saturated carbocycles. The number of halogens is 1. The molecule has 0 radical (unpaired) electrons. The van der Waals surface area contributed by atoms with E-state index >= 15 is 0 Å². The van der Waals surface area contributed by atoms with Crippen LogP contribution in [0.4, 0.5) is 5.69 Å². The molecule has 108 valence electrons. The van der Waals surface area contributed by atoms with Crippen molar-refractivity contribution < 1.29 is 9.90 Å². The van der Waals surface area contributed by atoms with Crippen LogP contribution in [0.15, 0.2) is 24.3 Å². The number of benzene rings is 1. The molecule has 1 aromatic carbocycles. The van der Waals surface area contributed by atoms with Crippen molar-refractivity contribution in [2.45, 2.75) is 31.4 Å². The molecular formula is C15H19ClN2O2. The minimum Gasteiger partial charge on any atom is -0.393 e. The molecule has 0 aliphatic carbocycles. The summed E-state index contributed by atoms with van der Waals surface area (Å²) < 4.78 is 0. The average molecular weight is 295 g/mol. The van der Waals surface area contributed by atoms with E-state index in [4.69, 9.17) is 11.6 Å². The van der Waals surface area contributed by atoms with E-state index in [0.29, 0.717) is 5.02 Å². The quantitative estimate of drug-likeness (QED) is 0.906. The van der Waals surface area contributed by atoms with Crippen molar-refractivity contribution in [3.63, 3.8) is 0 Å². The van der Waals surface area contributed by atoms with Gasteiger partial charge >= 0.3 is 0 Å². The van der Waals surface area contributed by atoms with E-state index in [0.717, 1.165) is 44.6 Å². The van der Waals surface area contributed by atoms with Gasteiger partial charge in [0.2, 0.25) is 5.91 Å². The molecule has 0 spiro atoms. The zero-order valence-electron chi connectivity index (χ0n) is 11.3. The van der Waals surface area contributed by atoms with Gasteiger partial charge in [0.15, 0.2) is 0 Å². The van der Waals surface area contributed by atoms with Crippen LogP contribution in [0.5, 0.6) is 0 Å². The fourth-order valence-electron chi connectivity index (χ4n) is 3.08. The lowest BCUT2D eigenvalue weighted by molar-refractivity contribution is -0.122. The summed E-state index contributed by atoms with van der Waals surface area (Å²) in [5.74, 6) is 0.170. The Bertz CT molecular complexity index is 483. The molecule has 0 bridgehead atoms. The highest BCUT2D eigenvalue weighted by molar-refractivity contribution is 6.30. The molecule has 1 unspecified atom stereocenters. The highest BCUT2D eigenvalue weighted by Crippen LogP contribution is 2.27. The Kier molecular flexibility index (Phi) is 3.96. The molecule has 1 N–H and O–H groups in total. The van der Waals surface area contributed by atoms with E-state index in [1.54, 1.807) is 0 Å². The Morgan fingerprint density at radius 2 is 1.70 bits per heavy atom. The number of aliphatic hydroxyl groups excluding tert-OH is 1. The van der Waals surface area contributed by atoms with E-state index in [-0.39, 0.29) is 18.1 Å². The Balaban J connectivity index is 1.69. The van der Waals surface area contributed by atoms with Gasteiger partial charge < -0.3 is 10.0 Å². The number of anilines is 1. The topological polar surface area (TPSA) is 43.8 Å². The number of carbonyl (C=O) groups excluding carboxylic acids is 1. The lowest BCUT2D eigenvalue weighted by Crippen LogP contribution is -2.46. The number of rotatable bonds is 2. The maximum absolute atomic E-state index is 12.6. The second-order valence-electron chi connectivity index (χ2n) is 5.54. The lowest BCUT2D eigenvalue weighted by Gasteiger charge is -2.33. The van der Waals surface area contributed by atoms with Crippen LogP contribution in [0.25, 0.3) is 0 Å². The van der Waals surface area contributed by atoms with Gasteiger partial charge in [-0.15, -0.1) is 0 Å². The van der Waals surface area contributed by atoms with Crippen LogP contribution in [0, 0.1) is 0 Å². The van der Waals surface area contributed by atoms with E-state index in [1.165, 1.54) is 0 Å². The third kappa shape index (κ3) is 2.68. The predicted octanol–water partition coefficient (Wildman–Crippen LogP) is 1.90. The van der Waals surface area contributed by atoms with Crippen molar-refractivity contribution in [1.82, 2.24) is 4.90 Å². The fourth-order valence-corrected chi connectivity index (χ4v) is 3.20. The molecular weight excluding hydrogens is 276 g/mol. The summed E-state index contributed by atoms with van der Waals surface area (Å²) in [4.78, 5) is 16.6. The summed E-state index contributed by atoms with van der Waals surface area (Å²) in [6.07, 6.45) is 2.20. The number of aliphatic hydroxyl groups is 1. The van der Waals surface area contributed by atoms with Crippen molar-refractivity contribution in [3.05, 3.63) is 29.3 Å². The highest BCUT2D eigenvalue weighted by Gasteiger charge is 2.37. The number of amides is 1. The number of nitrogens with zero attached hydrogens (tertiary/aromatic N) is 2. The van der Waals surface area contributed by atoms with Crippen molar-refractivity contribution in [3.8, 4) is 0 Å². The summed E-state index contributed by atoms with van der Waals surface area (Å²) in [7, 11) is 0. The van der Waals surface area contributed by atoms with Gasteiger partial charge in [-0.1, -0.05) is 11.6 Å². The number of hydrogen-bond donors (Lipinski definition) is 1. The van der Waals surface area contributed by atoms with Crippen LogP contribution in [-0.4, -0.2) is 47.7 Å². The Hall–Kier alpha value is -1.10. The van der Waals surface area contributed by atoms with Crippen molar-refractivity contribution in [1.29, 1.82) is 0 Å². The molecule has 1 amide bonds. The number of likely N-dealkylation sites (tertiary alicyclic amines) is 1. The standard InChI is InChI=1S/C15H19ClN2O2/c16-11-1-3-12(4-2-11)18-10-7-14(15(18)20)17-8-5-13(19)6-9-17/h1-4,13-14,19H,5-10H2. The Morgan fingerprint density at radius 1 is 1.05 bits per heavy atom. The van der Waals surface area contributed by atoms with Gasteiger partial charge in [-0.25, -0.2) is 0 Å². The molecule has 5 heteroatoms. The first-order chi connectivity index (χ1) is 9.65. The van der Waals surface area contributed by atoms with Crippen LogP contribution < -0.4 is 4.90 Å². The van der Waals surface area contributed by atoms with Crippen molar-refractivity contribution >= 4 is 23.2 Å². The van der Waals surface area contributed by atoms with Gasteiger partial charge in [-0.05, 0) is 43.5 Å². The largest absolute Gasteiger partial charge is 0.393 e. The molecule has 2 saturated heterocycles. The Labute approximate surface area is 123 Å². The van der Waals surface area contributed by atoms with Crippen LogP contribution in [0.3, 0.4) is 0 Å². The fraction of sp³-hybridized carbons (Fsp3) is 0.533. The number of hydrogen-bond acceptors (Lipinski definition) is 3. The second kappa shape index (κ2) is 5.72. The van der Waals surface area contributed by atoms with Crippen molar-refractivity contribution in [2.24, 2.45) is 0 Å². The van der Waals surface area contributed by atoms with Gasteiger partial charge in [0.05, 0.1) is 12.1 Å². The van der Waals surface area contributed by atoms with Gasteiger partial charge in [0, 0.05) is 30.3 Å². The molecule has 0 aromatic heterocycles. The number of piperidine rings is 1. The summed E-state index contributed by atoms with van der Waals surface area (Å²) in [6.45, 7) is 2.38. The van der Waals surface area contributed by atoms with Gasteiger partial charge in [-0.2, -0.15) is 0 Å². The minimum atomic E-state index is -0.199. The summed E-state index contributed by atoms with van der Waals surface area (Å²) in [6, 6.07) is 7.38. The molecule has 4 nitrogen and oxygen atoms in total. The molecule has 1 aromatic rings.